The minimum Gasteiger partial charge on any atom is -0.478 e. The van der Waals surface area contributed by atoms with Crippen LogP contribution in [-0.2, 0) is 16.1 Å². The molecule has 0 aliphatic carbocycles. The first-order valence-electron chi connectivity index (χ1n) is 7.11. The first-order valence-corrected chi connectivity index (χ1v) is 7.11. The zero-order valence-electron chi connectivity index (χ0n) is 13.0. The Kier molecular flexibility index (Phi) is 4.54. The summed E-state index contributed by atoms with van der Waals surface area (Å²) in [6, 6.07) is 1.43. The Morgan fingerprint density at radius 2 is 2.18 bits per heavy atom. The van der Waals surface area contributed by atoms with Crippen molar-refractivity contribution in [3.8, 4) is 0 Å². The lowest BCUT2D eigenvalue weighted by Crippen LogP contribution is -2.42. The predicted octanol–water partition coefficient (Wildman–Crippen LogP) is 1.11. The third-order valence-electron chi connectivity index (χ3n) is 3.98. The summed E-state index contributed by atoms with van der Waals surface area (Å²) in [5, 5.41) is 9.00. The number of aromatic carboxylic acids is 1. The average molecular weight is 308 g/mol. The molecule has 1 saturated heterocycles. The Balaban J connectivity index is 2.01. The van der Waals surface area contributed by atoms with Crippen molar-refractivity contribution in [1.82, 2.24) is 9.80 Å². The molecule has 0 aromatic carbocycles. The minimum atomic E-state index is -1.05. The highest BCUT2D eigenvalue weighted by Gasteiger charge is 2.30. The van der Waals surface area contributed by atoms with Gasteiger partial charge in [0.2, 0.25) is 11.8 Å². The third-order valence-corrected chi connectivity index (χ3v) is 3.98. The number of piperidine rings is 1. The van der Waals surface area contributed by atoms with Crippen LogP contribution >= 0.6 is 0 Å². The molecule has 0 bridgehead atoms. The second-order valence-corrected chi connectivity index (χ2v) is 5.69. The predicted molar refractivity (Wildman–Crippen MR) is 77.2 cm³/mol. The Hall–Kier alpha value is -2.31. The number of amides is 2. The number of carboxylic acids is 1. The summed E-state index contributed by atoms with van der Waals surface area (Å²) in [5.74, 6) is -0.777. The van der Waals surface area contributed by atoms with Crippen molar-refractivity contribution in [2.24, 2.45) is 5.92 Å². The molecule has 1 atom stereocenters. The van der Waals surface area contributed by atoms with E-state index in [2.05, 4.69) is 0 Å². The average Bonchev–Trinajstić information content (AvgIpc) is 2.82. The maximum absolute atomic E-state index is 12.4. The molecule has 0 saturated carbocycles. The molecule has 1 aliphatic heterocycles. The molecule has 1 unspecified atom stereocenters. The number of furan rings is 1. The van der Waals surface area contributed by atoms with Crippen molar-refractivity contribution in [1.29, 1.82) is 0 Å². The largest absolute Gasteiger partial charge is 0.478 e. The lowest BCUT2D eigenvalue weighted by Gasteiger charge is -2.30. The van der Waals surface area contributed by atoms with Crippen molar-refractivity contribution < 1.29 is 23.9 Å². The van der Waals surface area contributed by atoms with E-state index in [1.807, 2.05) is 0 Å². The van der Waals surface area contributed by atoms with Crippen LogP contribution in [0.15, 0.2) is 10.5 Å². The number of rotatable bonds is 4. The van der Waals surface area contributed by atoms with Gasteiger partial charge in [0.25, 0.3) is 0 Å². The number of carboxylic acid groups (broad SMARTS) is 1. The Labute approximate surface area is 128 Å². The highest BCUT2D eigenvalue weighted by Crippen LogP contribution is 2.21. The van der Waals surface area contributed by atoms with Gasteiger partial charge in [-0.3, -0.25) is 9.59 Å². The van der Waals surface area contributed by atoms with E-state index in [4.69, 9.17) is 9.52 Å². The van der Waals surface area contributed by atoms with Gasteiger partial charge in [0.05, 0.1) is 6.54 Å². The van der Waals surface area contributed by atoms with Crippen molar-refractivity contribution in [3.63, 3.8) is 0 Å². The SMILES string of the molecule is Cc1oc(CN(C)C(=O)C2CCN(C)C(=O)C2)cc1C(=O)O. The van der Waals surface area contributed by atoms with Crippen LogP contribution in [0.2, 0.25) is 0 Å². The molecule has 1 fully saturated rings. The van der Waals surface area contributed by atoms with E-state index in [1.54, 1.807) is 25.9 Å². The summed E-state index contributed by atoms with van der Waals surface area (Å²) >= 11 is 0. The summed E-state index contributed by atoms with van der Waals surface area (Å²) in [7, 11) is 3.36. The molecule has 2 heterocycles. The van der Waals surface area contributed by atoms with Crippen LogP contribution in [0.4, 0.5) is 0 Å². The van der Waals surface area contributed by atoms with Gasteiger partial charge in [0.15, 0.2) is 0 Å². The molecule has 7 heteroatoms. The van der Waals surface area contributed by atoms with E-state index in [0.29, 0.717) is 24.5 Å². The highest BCUT2D eigenvalue weighted by molar-refractivity contribution is 5.89. The van der Waals surface area contributed by atoms with E-state index in [0.717, 1.165) is 0 Å². The van der Waals surface area contributed by atoms with Gasteiger partial charge in [0, 0.05) is 33.0 Å². The molecule has 1 aromatic rings. The minimum absolute atomic E-state index is 0.0278. The number of aryl methyl sites for hydroxylation is 1. The van der Waals surface area contributed by atoms with Crippen LogP contribution in [-0.4, -0.2) is 53.3 Å². The molecule has 1 N–H and O–H groups in total. The molecule has 22 heavy (non-hydrogen) atoms. The number of carbonyl (C=O) groups is 3. The van der Waals surface area contributed by atoms with Gasteiger partial charge in [-0.2, -0.15) is 0 Å². The number of hydrogen-bond donors (Lipinski definition) is 1. The highest BCUT2D eigenvalue weighted by atomic mass is 16.4. The van der Waals surface area contributed by atoms with E-state index in [1.165, 1.54) is 11.0 Å². The van der Waals surface area contributed by atoms with Crippen molar-refractivity contribution in [2.75, 3.05) is 20.6 Å². The lowest BCUT2D eigenvalue weighted by atomic mass is 9.95. The third kappa shape index (κ3) is 3.29. The molecule has 0 spiro atoms. The number of hydrogen-bond acceptors (Lipinski definition) is 4. The van der Waals surface area contributed by atoms with Crippen molar-refractivity contribution in [3.05, 3.63) is 23.2 Å². The zero-order chi connectivity index (χ0) is 16.4. The van der Waals surface area contributed by atoms with Gasteiger partial charge >= 0.3 is 5.97 Å². The van der Waals surface area contributed by atoms with E-state index < -0.39 is 5.97 Å². The molecule has 1 aliphatic rings. The van der Waals surface area contributed by atoms with Gasteiger partial charge in [-0.05, 0) is 19.4 Å². The standard InChI is InChI=1S/C15H20N2O5/c1-9-12(15(20)21)7-11(22-9)8-17(3)14(19)10-4-5-16(2)13(18)6-10/h7,10H,4-6,8H2,1-3H3,(H,20,21). The van der Waals surface area contributed by atoms with Crippen molar-refractivity contribution >= 4 is 17.8 Å². The molecule has 2 amide bonds. The zero-order valence-corrected chi connectivity index (χ0v) is 13.0. The molecule has 0 radical (unpaired) electrons. The van der Waals surface area contributed by atoms with E-state index >= 15 is 0 Å². The van der Waals surface area contributed by atoms with Gasteiger partial charge in [-0.25, -0.2) is 4.79 Å². The van der Waals surface area contributed by atoms with Crippen LogP contribution in [0.5, 0.6) is 0 Å². The molecular weight excluding hydrogens is 288 g/mol. The lowest BCUT2D eigenvalue weighted by molar-refractivity contribution is -0.144. The van der Waals surface area contributed by atoms with Gasteiger partial charge in [-0.15, -0.1) is 0 Å². The van der Waals surface area contributed by atoms with Gasteiger partial charge in [0.1, 0.15) is 17.1 Å². The van der Waals surface area contributed by atoms with Crippen LogP contribution in [0.3, 0.4) is 0 Å². The second-order valence-electron chi connectivity index (χ2n) is 5.69. The maximum atomic E-state index is 12.4. The monoisotopic (exact) mass is 308 g/mol. The van der Waals surface area contributed by atoms with Crippen LogP contribution in [0.25, 0.3) is 0 Å². The van der Waals surface area contributed by atoms with Gasteiger partial charge < -0.3 is 19.3 Å². The summed E-state index contributed by atoms with van der Waals surface area (Å²) in [6.45, 7) is 2.34. The molecular formula is C15H20N2O5. The normalized spacial score (nSPS) is 18.4. The fourth-order valence-corrected chi connectivity index (χ4v) is 2.61. The summed E-state index contributed by atoms with van der Waals surface area (Å²) in [4.78, 5) is 38.2. The quantitative estimate of drug-likeness (QED) is 0.900. The maximum Gasteiger partial charge on any atom is 0.339 e. The first kappa shape index (κ1) is 16.1. The summed E-state index contributed by atoms with van der Waals surface area (Å²) < 4.78 is 5.37. The van der Waals surface area contributed by atoms with Crippen LogP contribution < -0.4 is 0 Å². The number of carbonyl (C=O) groups excluding carboxylic acids is 2. The first-order chi connectivity index (χ1) is 10.3. The Bertz CT molecular complexity index is 607. The fraction of sp³-hybridized carbons (Fsp3) is 0.533. The van der Waals surface area contributed by atoms with E-state index in [-0.39, 0.29) is 36.3 Å². The molecule has 120 valence electrons. The van der Waals surface area contributed by atoms with Gasteiger partial charge in [-0.1, -0.05) is 0 Å². The summed E-state index contributed by atoms with van der Waals surface area (Å²) in [6.07, 6.45) is 0.861. The number of nitrogens with zero attached hydrogens (tertiary/aromatic N) is 2. The number of likely N-dealkylation sites (tertiary alicyclic amines) is 1. The Morgan fingerprint density at radius 3 is 2.73 bits per heavy atom. The van der Waals surface area contributed by atoms with Crippen LogP contribution in [0, 0.1) is 12.8 Å². The summed E-state index contributed by atoms with van der Waals surface area (Å²) in [5.41, 5.74) is 0.102. The Morgan fingerprint density at radius 1 is 1.50 bits per heavy atom. The van der Waals surface area contributed by atoms with E-state index in [9.17, 15) is 14.4 Å². The molecule has 7 nitrogen and oxygen atoms in total. The van der Waals surface area contributed by atoms with Crippen LogP contribution in [0.1, 0.15) is 34.7 Å². The smallest absolute Gasteiger partial charge is 0.339 e. The topological polar surface area (TPSA) is 91.1 Å². The molecule has 2 rings (SSSR count). The second kappa shape index (κ2) is 6.21. The molecule has 1 aromatic heterocycles. The fourth-order valence-electron chi connectivity index (χ4n) is 2.61. The van der Waals surface area contributed by atoms with Crippen molar-refractivity contribution in [2.45, 2.75) is 26.3 Å².